The Bertz CT molecular complexity index is 3160. The molecule has 3 aromatic carbocycles. The van der Waals surface area contributed by atoms with E-state index in [1.165, 1.54) is 32.0 Å². The van der Waals surface area contributed by atoms with Gasteiger partial charge in [-0.2, -0.15) is 0 Å². The molecule has 1 aliphatic rings. The highest BCUT2D eigenvalue weighted by Gasteiger charge is 2.21. The number of ether oxygens (including phenoxy) is 1. The van der Waals surface area contributed by atoms with Crippen LogP contribution < -0.4 is 10.6 Å². The molecule has 3 aromatic heterocycles. The minimum atomic E-state index is -1.22. The zero-order valence-electron chi connectivity index (χ0n) is 41.0. The lowest BCUT2D eigenvalue weighted by atomic mass is 10.1. The van der Waals surface area contributed by atoms with Crippen LogP contribution >= 0.6 is 0 Å². The Kier molecular flexibility index (Phi) is 18.3. The molecule has 1 aliphatic heterocycles. The summed E-state index contributed by atoms with van der Waals surface area (Å²) in [7, 11) is 0. The van der Waals surface area contributed by atoms with E-state index in [-0.39, 0.29) is 55.1 Å². The molecule has 2 amide bonds. The van der Waals surface area contributed by atoms with Gasteiger partial charge in [-0.05, 0) is 103 Å². The van der Waals surface area contributed by atoms with Crippen molar-refractivity contribution in [1.29, 1.82) is 5.41 Å². The summed E-state index contributed by atoms with van der Waals surface area (Å²) in [5, 5.41) is 42.8. The normalized spacial score (nSPS) is 12.8. The van der Waals surface area contributed by atoms with Crippen LogP contribution in [0.25, 0.3) is 0 Å². The van der Waals surface area contributed by atoms with E-state index < -0.39 is 17.9 Å². The number of anilines is 2. The molecule has 0 bridgehead atoms. The summed E-state index contributed by atoms with van der Waals surface area (Å²) < 4.78 is 5.05. The SMILES string of the molecule is CC(=O)Nc1ccc(C#Cc2cc(CN3CCN(Cc4cc(C#Cc5ccc(COC=N)cc5)cc(C(=O)O)n4)CCN(Cc4cc(C#Cc5ccc(NC(C)=O)cc5)cc(C(=O)O)n4)CC3)nc(C(=O)O)c2)cc1. The fraction of sp³-hybridized carbons (Fsp3) is 0.211. The van der Waals surface area contributed by atoms with Gasteiger partial charge in [0.1, 0.15) is 23.7 Å². The Balaban J connectivity index is 1.17. The molecule has 0 radical (unpaired) electrons. The number of nitrogens with one attached hydrogen (secondary N) is 3. The zero-order valence-corrected chi connectivity index (χ0v) is 41.0. The van der Waals surface area contributed by atoms with Crippen LogP contribution in [0.2, 0.25) is 0 Å². The van der Waals surface area contributed by atoms with Gasteiger partial charge >= 0.3 is 17.9 Å². The van der Waals surface area contributed by atoms with Crippen molar-refractivity contribution >= 4 is 47.5 Å². The first-order valence-corrected chi connectivity index (χ1v) is 23.5. The number of aromatic nitrogens is 3. The maximum atomic E-state index is 12.4. The number of carbonyl (C=O) groups is 5. The van der Waals surface area contributed by atoms with Crippen LogP contribution in [0.15, 0.2) is 109 Å². The van der Waals surface area contributed by atoms with E-state index in [4.69, 9.17) is 10.1 Å². The monoisotopic (exact) mass is 1010 g/mol. The molecular formula is C57H51N9O9. The highest BCUT2D eigenvalue weighted by atomic mass is 16.5. The molecule has 18 nitrogen and oxygen atoms in total. The molecule has 1 fully saturated rings. The number of carbonyl (C=O) groups excluding carboxylic acids is 2. The summed E-state index contributed by atoms with van der Waals surface area (Å²) in [6.07, 6.45) is 0.874. The second-order valence-corrected chi connectivity index (χ2v) is 17.3. The van der Waals surface area contributed by atoms with Crippen molar-refractivity contribution in [1.82, 2.24) is 29.7 Å². The number of aromatic carboxylic acids is 3. The third kappa shape index (κ3) is 16.8. The number of nitrogens with zero attached hydrogens (tertiary/aromatic N) is 6. The molecule has 0 atom stereocenters. The Morgan fingerprint density at radius 3 is 1.07 bits per heavy atom. The standard InChI is InChI=1S/C57H51N9O9/c1-38(67)59-47-17-13-41(14-18-47)6-11-45-28-50(62-53(31-45)56(71)72)34-65-23-21-64(33-49-27-44(30-52(61-49)55(69)70)10-5-40-3-8-43(9-4-40)36-75-37-58)22-24-66(26-25-65)35-51-29-46(32-54(63-51)57(73)74)12-7-42-15-19-48(20-16-42)60-39(2)68/h3-4,8-9,13-20,27-32,37,58H,21-26,33-36H2,1-2H3,(H,59,67)(H,60,68)(H,69,70)(H,71,72)(H,73,74). The fourth-order valence-corrected chi connectivity index (χ4v) is 7.83. The fourth-order valence-electron chi connectivity index (χ4n) is 7.83. The number of hydrogen-bond acceptors (Lipinski definition) is 13. The van der Waals surface area contributed by atoms with Crippen molar-refractivity contribution in [2.75, 3.05) is 49.9 Å². The molecule has 0 unspecified atom stereocenters. The van der Waals surface area contributed by atoms with Crippen molar-refractivity contribution in [3.8, 4) is 35.5 Å². The largest absolute Gasteiger partial charge is 0.479 e. The van der Waals surface area contributed by atoms with Gasteiger partial charge in [-0.15, -0.1) is 0 Å². The molecule has 378 valence electrons. The minimum absolute atomic E-state index is 0.168. The molecule has 4 heterocycles. The zero-order chi connectivity index (χ0) is 53.3. The van der Waals surface area contributed by atoms with Crippen molar-refractivity contribution in [2.45, 2.75) is 40.1 Å². The smallest absolute Gasteiger partial charge is 0.354 e. The van der Waals surface area contributed by atoms with E-state index in [1.54, 1.807) is 66.7 Å². The highest BCUT2D eigenvalue weighted by Crippen LogP contribution is 2.17. The molecule has 0 aliphatic carbocycles. The molecule has 6 aromatic rings. The maximum Gasteiger partial charge on any atom is 0.354 e. The predicted octanol–water partition coefficient (Wildman–Crippen LogP) is 6.03. The van der Waals surface area contributed by atoms with Gasteiger partial charge in [0, 0.05) is 118 Å². The average Bonchev–Trinajstić information content (AvgIpc) is 3.47. The molecule has 6 N–H and O–H groups in total. The lowest BCUT2D eigenvalue weighted by molar-refractivity contribution is -0.115. The molecule has 75 heavy (non-hydrogen) atoms. The van der Waals surface area contributed by atoms with Gasteiger partial charge in [0.2, 0.25) is 11.8 Å². The van der Waals surface area contributed by atoms with Crippen LogP contribution in [-0.2, 0) is 40.6 Å². The number of hydrogen-bond donors (Lipinski definition) is 6. The number of rotatable bonds is 14. The molecule has 7 rings (SSSR count). The number of benzene rings is 3. The first-order valence-electron chi connectivity index (χ1n) is 23.5. The second kappa shape index (κ2) is 25.7. The number of amides is 2. The third-order valence-corrected chi connectivity index (χ3v) is 11.4. The van der Waals surface area contributed by atoms with Crippen molar-refractivity contribution < 1.29 is 44.0 Å². The van der Waals surface area contributed by atoms with Gasteiger partial charge in [0.15, 0.2) is 6.40 Å². The Morgan fingerprint density at radius 1 is 0.493 bits per heavy atom. The van der Waals surface area contributed by atoms with Crippen LogP contribution in [0.1, 0.15) is 101 Å². The number of carboxylic acid groups (broad SMARTS) is 3. The Labute approximate surface area is 432 Å². The van der Waals surface area contributed by atoms with Crippen LogP contribution in [-0.4, -0.2) is 120 Å². The number of pyridine rings is 3. The Morgan fingerprint density at radius 2 is 0.787 bits per heavy atom. The lowest BCUT2D eigenvalue weighted by Gasteiger charge is -2.25. The predicted molar refractivity (Wildman–Crippen MR) is 279 cm³/mol. The van der Waals surface area contributed by atoms with E-state index in [2.05, 4.69) is 75.8 Å². The molecule has 1 saturated heterocycles. The van der Waals surface area contributed by atoms with Crippen molar-refractivity contribution in [3.63, 3.8) is 0 Å². The van der Waals surface area contributed by atoms with Gasteiger partial charge in [-0.1, -0.05) is 47.7 Å². The lowest BCUT2D eigenvalue weighted by Crippen LogP contribution is -2.36. The van der Waals surface area contributed by atoms with E-state index >= 15 is 0 Å². The first kappa shape index (κ1) is 53.3. The van der Waals surface area contributed by atoms with E-state index in [0.717, 1.165) is 12.0 Å². The van der Waals surface area contributed by atoms with Gasteiger partial charge in [0.25, 0.3) is 0 Å². The topological polar surface area (TPSA) is 252 Å². The summed E-state index contributed by atoms with van der Waals surface area (Å²) in [6, 6.07) is 30.7. The quantitative estimate of drug-likeness (QED) is 0.0414. The molecular weight excluding hydrogens is 955 g/mol. The summed E-state index contributed by atoms with van der Waals surface area (Å²) in [5.74, 6) is 14.4. The first-order chi connectivity index (χ1) is 36.1. The summed E-state index contributed by atoms with van der Waals surface area (Å²) >= 11 is 0. The van der Waals surface area contributed by atoms with Gasteiger partial charge in [-0.25, -0.2) is 29.3 Å². The van der Waals surface area contributed by atoms with Gasteiger partial charge in [0.05, 0.1) is 17.1 Å². The summed E-state index contributed by atoms with van der Waals surface area (Å²) in [4.78, 5) is 80.0. The third-order valence-electron chi connectivity index (χ3n) is 11.4. The average molecular weight is 1010 g/mol. The van der Waals surface area contributed by atoms with Crippen LogP contribution in [0.5, 0.6) is 0 Å². The number of carboxylic acids is 3. The van der Waals surface area contributed by atoms with Crippen LogP contribution in [0, 0.1) is 40.9 Å². The highest BCUT2D eigenvalue weighted by molar-refractivity contribution is 5.89. The minimum Gasteiger partial charge on any atom is -0.479 e. The van der Waals surface area contributed by atoms with Crippen molar-refractivity contribution in [2.24, 2.45) is 0 Å². The molecule has 0 spiro atoms. The molecule has 18 heteroatoms. The Hall–Kier alpha value is -9.51. The summed E-state index contributed by atoms with van der Waals surface area (Å²) in [5.41, 5.74) is 6.30. The second-order valence-electron chi connectivity index (χ2n) is 17.3. The van der Waals surface area contributed by atoms with E-state index in [1.807, 2.05) is 24.3 Å². The van der Waals surface area contributed by atoms with Gasteiger partial charge in [-0.3, -0.25) is 29.7 Å². The summed E-state index contributed by atoms with van der Waals surface area (Å²) in [6.45, 7) is 6.71. The maximum absolute atomic E-state index is 12.4. The van der Waals surface area contributed by atoms with Crippen molar-refractivity contribution in [3.05, 3.63) is 182 Å². The van der Waals surface area contributed by atoms with Gasteiger partial charge < -0.3 is 30.7 Å². The van der Waals surface area contributed by atoms with E-state index in [9.17, 15) is 39.3 Å². The van der Waals surface area contributed by atoms with Crippen LogP contribution in [0.3, 0.4) is 0 Å². The van der Waals surface area contributed by atoms with E-state index in [0.29, 0.717) is 101 Å². The molecule has 0 saturated carbocycles. The van der Waals surface area contributed by atoms with Crippen LogP contribution in [0.4, 0.5) is 11.4 Å².